The van der Waals surface area contributed by atoms with Crippen LogP contribution in [0.4, 0.5) is 20.2 Å². The molecule has 1 amide bonds. The summed E-state index contributed by atoms with van der Waals surface area (Å²) < 4.78 is 28.7. The molecule has 42 heavy (non-hydrogen) atoms. The number of hydrogen-bond donors (Lipinski definition) is 2. The fourth-order valence-corrected chi connectivity index (χ4v) is 6.15. The van der Waals surface area contributed by atoms with Crippen LogP contribution in [0, 0.1) is 11.6 Å². The van der Waals surface area contributed by atoms with E-state index in [9.17, 15) is 18.4 Å². The van der Waals surface area contributed by atoms with Crippen LogP contribution in [0.3, 0.4) is 0 Å². The van der Waals surface area contributed by atoms with Gasteiger partial charge in [0, 0.05) is 38.7 Å². The van der Waals surface area contributed by atoms with Gasteiger partial charge in [-0.1, -0.05) is 36.4 Å². The van der Waals surface area contributed by atoms with Crippen molar-refractivity contribution in [3.63, 3.8) is 0 Å². The first-order valence-corrected chi connectivity index (χ1v) is 14.5. The van der Waals surface area contributed by atoms with Crippen LogP contribution in [-0.4, -0.2) is 16.7 Å². The Morgan fingerprint density at radius 2 is 1.67 bits per heavy atom. The Morgan fingerprint density at radius 1 is 0.881 bits per heavy atom. The number of amides is 1. The van der Waals surface area contributed by atoms with Crippen molar-refractivity contribution in [1.82, 2.24) is 4.98 Å². The Bertz CT molecular complexity index is 1970. The van der Waals surface area contributed by atoms with Gasteiger partial charge in [-0.15, -0.1) is 22.7 Å². The summed E-state index contributed by atoms with van der Waals surface area (Å²) in [6, 6.07) is 24.7. The predicted molar refractivity (Wildman–Crippen MR) is 167 cm³/mol. The molecule has 0 aliphatic rings. The number of allylic oxidation sites excluding steroid dienone is 1. The maximum absolute atomic E-state index is 15.0. The number of thiophene rings is 2. The predicted octanol–water partition coefficient (Wildman–Crippen LogP) is 8.70. The number of carbonyl (C=O) groups excluding carboxylic acids is 2. The molecule has 206 valence electrons. The molecule has 0 bridgehead atoms. The van der Waals surface area contributed by atoms with Crippen LogP contribution in [0.25, 0.3) is 38.7 Å². The van der Waals surface area contributed by atoms with Gasteiger partial charge in [0.05, 0.1) is 11.4 Å². The van der Waals surface area contributed by atoms with Gasteiger partial charge in [0.2, 0.25) is 0 Å². The van der Waals surface area contributed by atoms with Crippen LogP contribution >= 0.6 is 22.7 Å². The molecular weight excluding hydrogens is 573 g/mol. The van der Waals surface area contributed by atoms with Gasteiger partial charge in [-0.05, 0) is 71.6 Å². The highest BCUT2D eigenvalue weighted by atomic mass is 32.1. The molecule has 0 spiro atoms. The van der Waals surface area contributed by atoms with Crippen molar-refractivity contribution in [3.8, 4) is 22.4 Å². The second-order valence-electron chi connectivity index (χ2n) is 9.31. The zero-order valence-corrected chi connectivity index (χ0v) is 23.4. The number of pyridine rings is 1. The van der Waals surface area contributed by atoms with E-state index in [4.69, 9.17) is 10.7 Å². The number of carbonyl (C=O) groups is 2. The third-order valence-corrected chi connectivity index (χ3v) is 8.50. The first-order chi connectivity index (χ1) is 20.4. The molecule has 0 unspecified atom stereocenters. The minimum absolute atomic E-state index is 0.142. The lowest BCUT2D eigenvalue weighted by Crippen LogP contribution is -2.12. The van der Waals surface area contributed by atoms with E-state index < -0.39 is 17.5 Å². The minimum Gasteiger partial charge on any atom is -0.397 e. The molecule has 6 rings (SSSR count). The van der Waals surface area contributed by atoms with Gasteiger partial charge in [-0.3, -0.25) is 9.59 Å². The maximum Gasteiger partial charge on any atom is 0.267 e. The highest BCUT2D eigenvalue weighted by Gasteiger charge is 2.23. The Morgan fingerprint density at radius 3 is 2.38 bits per heavy atom. The van der Waals surface area contributed by atoms with Crippen molar-refractivity contribution in [3.05, 3.63) is 129 Å². The molecule has 0 atom stereocenters. The molecule has 0 saturated carbocycles. The maximum atomic E-state index is 15.0. The summed E-state index contributed by atoms with van der Waals surface area (Å²) >= 11 is 2.62. The summed E-state index contributed by atoms with van der Waals surface area (Å²) in [5.74, 6) is -2.08. The molecule has 9 heteroatoms. The summed E-state index contributed by atoms with van der Waals surface area (Å²) in [6.45, 7) is 0. The number of fused-ring (bicyclic) bond motifs is 1. The van der Waals surface area contributed by atoms with E-state index in [0.717, 1.165) is 27.8 Å². The number of benzene rings is 3. The monoisotopic (exact) mass is 593 g/mol. The minimum atomic E-state index is -0.752. The van der Waals surface area contributed by atoms with E-state index in [0.29, 0.717) is 32.7 Å². The molecule has 0 fully saturated rings. The quantitative estimate of drug-likeness (QED) is 0.143. The molecule has 0 aliphatic carbocycles. The highest BCUT2D eigenvalue weighted by molar-refractivity contribution is 7.21. The number of ketones is 1. The Hall–Kier alpha value is -4.99. The summed E-state index contributed by atoms with van der Waals surface area (Å²) in [7, 11) is 0. The molecule has 0 saturated heterocycles. The smallest absolute Gasteiger partial charge is 0.267 e. The molecule has 0 radical (unpaired) electrons. The number of nitrogen functional groups attached to an aromatic ring is 1. The van der Waals surface area contributed by atoms with Gasteiger partial charge in [0.1, 0.15) is 21.3 Å². The average Bonchev–Trinajstić information content (AvgIpc) is 3.64. The average molecular weight is 594 g/mol. The second-order valence-corrected chi connectivity index (χ2v) is 11.3. The van der Waals surface area contributed by atoms with Gasteiger partial charge in [0.15, 0.2) is 5.78 Å². The lowest BCUT2D eigenvalue weighted by molar-refractivity contribution is 0.102. The van der Waals surface area contributed by atoms with E-state index in [1.165, 1.54) is 29.5 Å². The van der Waals surface area contributed by atoms with Crippen molar-refractivity contribution < 1.29 is 18.4 Å². The Balaban J connectivity index is 1.33. The molecule has 3 heterocycles. The second kappa shape index (κ2) is 11.5. The summed E-state index contributed by atoms with van der Waals surface area (Å²) in [6.07, 6.45) is 3.27. The number of nitrogens with two attached hydrogens (primary N) is 1. The van der Waals surface area contributed by atoms with Crippen LogP contribution in [0.1, 0.15) is 24.9 Å². The van der Waals surface area contributed by atoms with Crippen LogP contribution in [0.5, 0.6) is 0 Å². The molecule has 3 aromatic heterocycles. The fourth-order valence-electron chi connectivity index (χ4n) is 4.51. The number of hydrogen-bond acceptors (Lipinski definition) is 6. The lowest BCUT2D eigenvalue weighted by Gasteiger charge is -2.10. The van der Waals surface area contributed by atoms with E-state index in [-0.39, 0.29) is 21.9 Å². The van der Waals surface area contributed by atoms with Crippen molar-refractivity contribution >= 4 is 62.0 Å². The van der Waals surface area contributed by atoms with Crippen molar-refractivity contribution in [1.29, 1.82) is 0 Å². The Kier molecular flexibility index (Phi) is 7.43. The third kappa shape index (κ3) is 5.47. The largest absolute Gasteiger partial charge is 0.397 e. The Labute approximate surface area is 247 Å². The van der Waals surface area contributed by atoms with E-state index in [2.05, 4.69) is 5.32 Å². The number of rotatable bonds is 7. The zero-order valence-electron chi connectivity index (χ0n) is 21.8. The number of nitrogens with zero attached hydrogens (tertiary/aromatic N) is 1. The number of aromatic nitrogens is 1. The van der Waals surface area contributed by atoms with Crippen LogP contribution in [0.15, 0.2) is 102 Å². The van der Waals surface area contributed by atoms with E-state index in [1.54, 1.807) is 36.4 Å². The van der Waals surface area contributed by atoms with Crippen molar-refractivity contribution in [2.45, 2.75) is 0 Å². The number of halogens is 2. The zero-order chi connectivity index (χ0) is 29.2. The topological polar surface area (TPSA) is 85.1 Å². The van der Waals surface area contributed by atoms with Gasteiger partial charge < -0.3 is 11.1 Å². The summed E-state index contributed by atoms with van der Waals surface area (Å²) in [5.41, 5.74) is 9.49. The summed E-state index contributed by atoms with van der Waals surface area (Å²) in [5, 5.41) is 5.16. The van der Waals surface area contributed by atoms with Crippen LogP contribution in [-0.2, 0) is 0 Å². The van der Waals surface area contributed by atoms with Crippen molar-refractivity contribution in [2.24, 2.45) is 0 Å². The SMILES string of the molecule is Nc1c(C(=O)Nc2ccc(C(=O)C=Cc3cccs3)cc2)sc2nc(-c3ccccc3)cc(-c3ccc(F)cc3F)c12. The molecule has 3 aromatic carbocycles. The van der Waals surface area contributed by atoms with Crippen molar-refractivity contribution in [2.75, 3.05) is 11.1 Å². The normalized spacial score (nSPS) is 11.3. The first-order valence-electron chi connectivity index (χ1n) is 12.8. The summed E-state index contributed by atoms with van der Waals surface area (Å²) in [4.78, 5) is 32.2. The molecule has 0 aliphatic heterocycles. The standard InChI is InChI=1S/C33H21F2N3O2S2/c34-21-10-14-24(26(35)17-21)25-18-27(19-5-2-1-3-6-19)38-33-29(25)30(36)31(42-33)32(40)37-22-11-8-20(9-12-22)28(39)15-13-23-7-4-16-41-23/h1-18H,36H2,(H,37,40). The number of nitrogens with one attached hydrogen (secondary N) is 1. The molecule has 6 aromatic rings. The van der Waals surface area contributed by atoms with Gasteiger partial charge in [-0.2, -0.15) is 0 Å². The van der Waals surface area contributed by atoms with E-state index in [1.807, 2.05) is 47.8 Å². The van der Waals surface area contributed by atoms with E-state index >= 15 is 0 Å². The molecule has 3 N–H and O–H groups in total. The highest BCUT2D eigenvalue weighted by Crippen LogP contribution is 2.42. The molecule has 5 nitrogen and oxygen atoms in total. The van der Waals surface area contributed by atoms with Crippen LogP contribution in [0.2, 0.25) is 0 Å². The van der Waals surface area contributed by atoms with Gasteiger partial charge >= 0.3 is 0 Å². The fraction of sp³-hybridized carbons (Fsp3) is 0. The van der Waals surface area contributed by atoms with Gasteiger partial charge in [-0.25, -0.2) is 13.8 Å². The lowest BCUT2D eigenvalue weighted by atomic mass is 9.99. The first kappa shape index (κ1) is 27.2. The van der Waals surface area contributed by atoms with Gasteiger partial charge in [0.25, 0.3) is 5.91 Å². The number of anilines is 2. The van der Waals surface area contributed by atoms with Crippen LogP contribution < -0.4 is 11.1 Å². The molecular formula is C33H21F2N3O2S2. The third-order valence-electron chi connectivity index (χ3n) is 6.57.